The predicted octanol–water partition coefficient (Wildman–Crippen LogP) is 3.81. The molecule has 0 aromatic heterocycles. The molecular formula is C17H28N2. The zero-order valence-electron chi connectivity index (χ0n) is 12.7. The third kappa shape index (κ3) is 4.24. The molecule has 0 aliphatic heterocycles. The normalized spacial score (nSPS) is 14.9. The van der Waals surface area contributed by atoms with E-state index in [0.717, 1.165) is 25.0 Å². The van der Waals surface area contributed by atoms with Crippen LogP contribution in [0.3, 0.4) is 0 Å². The lowest BCUT2D eigenvalue weighted by Crippen LogP contribution is -2.31. The van der Waals surface area contributed by atoms with Gasteiger partial charge in [0.2, 0.25) is 0 Å². The van der Waals surface area contributed by atoms with Crippen LogP contribution >= 0.6 is 0 Å². The van der Waals surface area contributed by atoms with Crippen molar-refractivity contribution < 1.29 is 0 Å². The summed E-state index contributed by atoms with van der Waals surface area (Å²) in [4.78, 5) is 2.63. The summed E-state index contributed by atoms with van der Waals surface area (Å²) in [5.41, 5.74) is 2.89. The first kappa shape index (κ1) is 14.4. The van der Waals surface area contributed by atoms with Crippen LogP contribution in [0, 0.1) is 5.92 Å². The van der Waals surface area contributed by atoms with Crippen LogP contribution < -0.4 is 10.2 Å². The van der Waals surface area contributed by atoms with E-state index in [-0.39, 0.29) is 0 Å². The van der Waals surface area contributed by atoms with Gasteiger partial charge in [-0.2, -0.15) is 0 Å². The Morgan fingerprint density at radius 1 is 1.26 bits per heavy atom. The zero-order chi connectivity index (χ0) is 13.7. The Balaban J connectivity index is 2.11. The van der Waals surface area contributed by atoms with Crippen molar-refractivity contribution >= 4 is 5.69 Å². The molecule has 0 amide bonds. The molecule has 1 N–H and O–H groups in total. The standard InChI is InChI=1S/C17H28N2/c1-4-11-18-12-15-7-5-6-8-17(15)19(13-14(2)3)16-9-10-16/h5-8,14,16,18H,4,9-13H2,1-3H3. The number of hydrogen-bond donors (Lipinski definition) is 1. The van der Waals surface area contributed by atoms with Crippen LogP contribution in [0.2, 0.25) is 0 Å². The van der Waals surface area contributed by atoms with E-state index in [0.29, 0.717) is 0 Å². The summed E-state index contributed by atoms with van der Waals surface area (Å²) in [6, 6.07) is 9.69. The van der Waals surface area contributed by atoms with E-state index in [9.17, 15) is 0 Å². The SMILES string of the molecule is CCCNCc1ccccc1N(CC(C)C)C1CC1. The first-order valence-corrected chi connectivity index (χ1v) is 7.77. The molecule has 0 spiro atoms. The summed E-state index contributed by atoms with van der Waals surface area (Å²) >= 11 is 0. The second-order valence-corrected chi connectivity index (χ2v) is 6.08. The summed E-state index contributed by atoms with van der Waals surface area (Å²) in [5, 5.41) is 3.53. The van der Waals surface area contributed by atoms with Gasteiger partial charge in [-0.05, 0) is 43.4 Å². The Morgan fingerprint density at radius 2 is 2.00 bits per heavy atom. The molecule has 2 rings (SSSR count). The van der Waals surface area contributed by atoms with Crippen LogP contribution in [0.1, 0.15) is 45.6 Å². The minimum Gasteiger partial charge on any atom is -0.368 e. The maximum Gasteiger partial charge on any atom is 0.0414 e. The van der Waals surface area contributed by atoms with Gasteiger partial charge in [-0.25, -0.2) is 0 Å². The number of nitrogens with one attached hydrogen (secondary N) is 1. The minimum absolute atomic E-state index is 0.720. The van der Waals surface area contributed by atoms with E-state index >= 15 is 0 Å². The number of para-hydroxylation sites is 1. The molecule has 1 fully saturated rings. The topological polar surface area (TPSA) is 15.3 Å². The predicted molar refractivity (Wildman–Crippen MR) is 83.6 cm³/mol. The molecule has 1 aliphatic rings. The van der Waals surface area contributed by atoms with Crippen LogP contribution in [0.15, 0.2) is 24.3 Å². The number of hydrogen-bond acceptors (Lipinski definition) is 2. The highest BCUT2D eigenvalue weighted by Crippen LogP contribution is 2.34. The van der Waals surface area contributed by atoms with Gasteiger partial charge in [-0.1, -0.05) is 39.0 Å². The zero-order valence-corrected chi connectivity index (χ0v) is 12.7. The Bertz CT molecular complexity index is 383. The number of anilines is 1. The highest BCUT2D eigenvalue weighted by atomic mass is 15.2. The minimum atomic E-state index is 0.720. The molecule has 0 atom stereocenters. The lowest BCUT2D eigenvalue weighted by molar-refractivity contribution is 0.602. The molecule has 0 saturated heterocycles. The molecule has 0 radical (unpaired) electrons. The quantitative estimate of drug-likeness (QED) is 0.715. The van der Waals surface area contributed by atoms with Gasteiger partial charge >= 0.3 is 0 Å². The average molecular weight is 260 g/mol. The van der Waals surface area contributed by atoms with Crippen molar-refractivity contribution in [2.24, 2.45) is 5.92 Å². The molecule has 1 saturated carbocycles. The Morgan fingerprint density at radius 3 is 2.63 bits per heavy atom. The summed E-state index contributed by atoms with van der Waals surface area (Å²) in [5.74, 6) is 0.720. The van der Waals surface area contributed by atoms with Crippen LogP contribution in [0.5, 0.6) is 0 Å². The van der Waals surface area contributed by atoms with Gasteiger partial charge in [0.25, 0.3) is 0 Å². The third-order valence-electron chi connectivity index (χ3n) is 3.59. The fraction of sp³-hybridized carbons (Fsp3) is 0.647. The molecule has 0 heterocycles. The van der Waals surface area contributed by atoms with Crippen LogP contribution in [-0.4, -0.2) is 19.1 Å². The van der Waals surface area contributed by atoms with Gasteiger partial charge in [-0.3, -0.25) is 0 Å². The number of benzene rings is 1. The Labute approximate surface area is 118 Å². The molecule has 2 heteroatoms. The molecule has 1 aliphatic carbocycles. The molecule has 106 valence electrons. The maximum atomic E-state index is 3.53. The second-order valence-electron chi connectivity index (χ2n) is 6.08. The van der Waals surface area contributed by atoms with E-state index in [2.05, 4.69) is 55.3 Å². The number of nitrogens with zero attached hydrogens (tertiary/aromatic N) is 1. The molecule has 1 aromatic carbocycles. The molecule has 0 unspecified atom stereocenters. The van der Waals surface area contributed by atoms with Crippen molar-refractivity contribution in [3.63, 3.8) is 0 Å². The van der Waals surface area contributed by atoms with E-state index in [4.69, 9.17) is 0 Å². The second kappa shape index (κ2) is 6.95. The number of rotatable bonds is 8. The summed E-state index contributed by atoms with van der Waals surface area (Å²) in [7, 11) is 0. The lowest BCUT2D eigenvalue weighted by atomic mass is 10.1. The monoisotopic (exact) mass is 260 g/mol. The van der Waals surface area contributed by atoms with Gasteiger partial charge in [0.1, 0.15) is 0 Å². The largest absolute Gasteiger partial charge is 0.368 e. The van der Waals surface area contributed by atoms with E-state index < -0.39 is 0 Å². The summed E-state index contributed by atoms with van der Waals surface area (Å²) < 4.78 is 0. The van der Waals surface area contributed by atoms with Crippen molar-refractivity contribution in [3.8, 4) is 0 Å². The van der Waals surface area contributed by atoms with Crippen molar-refractivity contribution in [2.75, 3.05) is 18.0 Å². The van der Waals surface area contributed by atoms with Gasteiger partial charge in [-0.15, -0.1) is 0 Å². The summed E-state index contributed by atoms with van der Waals surface area (Å²) in [6.07, 6.45) is 3.92. The van der Waals surface area contributed by atoms with E-state index in [1.165, 1.54) is 37.1 Å². The van der Waals surface area contributed by atoms with E-state index in [1.807, 2.05) is 0 Å². The van der Waals surface area contributed by atoms with Crippen molar-refractivity contribution in [3.05, 3.63) is 29.8 Å². The molecule has 1 aromatic rings. The molecule has 2 nitrogen and oxygen atoms in total. The van der Waals surface area contributed by atoms with Crippen LogP contribution in [0.4, 0.5) is 5.69 Å². The van der Waals surface area contributed by atoms with Crippen LogP contribution in [-0.2, 0) is 6.54 Å². The highest BCUT2D eigenvalue weighted by Gasteiger charge is 2.30. The highest BCUT2D eigenvalue weighted by molar-refractivity contribution is 5.55. The maximum absolute atomic E-state index is 3.53. The Kier molecular flexibility index (Phi) is 5.26. The van der Waals surface area contributed by atoms with Crippen molar-refractivity contribution in [2.45, 2.75) is 52.6 Å². The average Bonchev–Trinajstić information content (AvgIpc) is 3.21. The molecule has 0 bridgehead atoms. The Hall–Kier alpha value is -1.02. The van der Waals surface area contributed by atoms with Gasteiger partial charge in [0.15, 0.2) is 0 Å². The first-order chi connectivity index (χ1) is 9.22. The van der Waals surface area contributed by atoms with Gasteiger partial charge in [0, 0.05) is 24.8 Å². The van der Waals surface area contributed by atoms with Crippen LogP contribution in [0.25, 0.3) is 0 Å². The first-order valence-electron chi connectivity index (χ1n) is 7.77. The van der Waals surface area contributed by atoms with Crippen molar-refractivity contribution in [1.29, 1.82) is 0 Å². The third-order valence-corrected chi connectivity index (χ3v) is 3.59. The lowest BCUT2D eigenvalue weighted by Gasteiger charge is -2.29. The van der Waals surface area contributed by atoms with Gasteiger partial charge in [0.05, 0.1) is 0 Å². The van der Waals surface area contributed by atoms with Crippen molar-refractivity contribution in [1.82, 2.24) is 5.32 Å². The smallest absolute Gasteiger partial charge is 0.0414 e. The fourth-order valence-corrected chi connectivity index (χ4v) is 2.56. The fourth-order valence-electron chi connectivity index (χ4n) is 2.56. The summed E-state index contributed by atoms with van der Waals surface area (Å²) in [6.45, 7) is 10.1. The molecular weight excluding hydrogens is 232 g/mol. The molecule has 19 heavy (non-hydrogen) atoms. The van der Waals surface area contributed by atoms with Gasteiger partial charge < -0.3 is 10.2 Å². The van der Waals surface area contributed by atoms with E-state index in [1.54, 1.807) is 0 Å².